The lowest BCUT2D eigenvalue weighted by Crippen LogP contribution is -2.39. The molecule has 4 heterocycles. The Balaban J connectivity index is 1.40. The molecular weight excluding hydrogens is 314 g/mol. The third-order valence-corrected chi connectivity index (χ3v) is 4.84. The Bertz CT molecular complexity index is 768. The van der Waals surface area contributed by atoms with Gasteiger partial charge in [-0.15, -0.1) is 0 Å². The van der Waals surface area contributed by atoms with Crippen molar-refractivity contribution in [3.8, 4) is 11.4 Å². The summed E-state index contributed by atoms with van der Waals surface area (Å²) in [6.45, 7) is 2.89. The summed E-state index contributed by atoms with van der Waals surface area (Å²) in [5.41, 5.74) is 1.66. The third-order valence-electron chi connectivity index (χ3n) is 4.84. The molecule has 1 saturated heterocycles. The lowest BCUT2D eigenvalue weighted by molar-refractivity contribution is 0.115. The Labute approximate surface area is 147 Å². The molecule has 0 aromatic carbocycles. The van der Waals surface area contributed by atoms with Gasteiger partial charge in [-0.05, 0) is 44.0 Å². The Morgan fingerprint density at radius 1 is 1.12 bits per heavy atom. The largest absolute Gasteiger partial charge is 0.359 e. The second-order valence-corrected chi connectivity index (χ2v) is 6.57. The molecule has 130 valence electrons. The normalized spacial score (nSPS) is 18.5. The topological polar surface area (TPSA) is 60.0 Å². The van der Waals surface area contributed by atoms with E-state index in [1.807, 2.05) is 47.4 Å². The number of rotatable bonds is 6. The zero-order valence-electron chi connectivity index (χ0n) is 14.3. The van der Waals surface area contributed by atoms with Crippen LogP contribution in [0.3, 0.4) is 0 Å². The average molecular weight is 337 g/mol. The predicted octanol–water partition coefficient (Wildman–Crippen LogP) is 3.38. The van der Waals surface area contributed by atoms with E-state index in [9.17, 15) is 0 Å². The highest BCUT2D eigenvalue weighted by Gasteiger charge is 2.23. The van der Waals surface area contributed by atoms with Gasteiger partial charge < -0.3 is 4.52 Å². The van der Waals surface area contributed by atoms with Gasteiger partial charge in [0.15, 0.2) is 5.76 Å². The fourth-order valence-corrected chi connectivity index (χ4v) is 3.53. The molecule has 25 heavy (non-hydrogen) atoms. The summed E-state index contributed by atoms with van der Waals surface area (Å²) in [5.74, 6) is 0.909. The van der Waals surface area contributed by atoms with Gasteiger partial charge in [-0.2, -0.15) is 5.10 Å². The minimum absolute atomic E-state index is 0.571. The van der Waals surface area contributed by atoms with Gasteiger partial charge in [0.2, 0.25) is 0 Å². The van der Waals surface area contributed by atoms with E-state index in [1.54, 1.807) is 6.20 Å². The van der Waals surface area contributed by atoms with Crippen molar-refractivity contribution in [1.82, 2.24) is 24.8 Å². The van der Waals surface area contributed by atoms with Crippen LogP contribution in [0.5, 0.6) is 0 Å². The molecule has 0 amide bonds. The van der Waals surface area contributed by atoms with Crippen LogP contribution in [-0.2, 0) is 13.1 Å². The van der Waals surface area contributed by atoms with Crippen LogP contribution in [-0.4, -0.2) is 37.4 Å². The summed E-state index contributed by atoms with van der Waals surface area (Å²) in [5, 5.41) is 8.49. The van der Waals surface area contributed by atoms with E-state index in [4.69, 9.17) is 4.52 Å². The number of pyridine rings is 1. The SMILES string of the molecule is c1ccc(-c2cc(CN3CCCC[C@@H]3CCn3cccn3)on2)nc1. The monoisotopic (exact) mass is 337 g/mol. The van der Waals surface area contributed by atoms with Gasteiger partial charge in [0.25, 0.3) is 0 Å². The molecule has 4 rings (SSSR count). The second-order valence-electron chi connectivity index (χ2n) is 6.57. The maximum absolute atomic E-state index is 5.57. The van der Waals surface area contributed by atoms with Gasteiger partial charge in [-0.25, -0.2) is 0 Å². The molecule has 1 aliphatic rings. The number of aryl methyl sites for hydroxylation is 1. The van der Waals surface area contributed by atoms with Gasteiger partial charge >= 0.3 is 0 Å². The maximum atomic E-state index is 5.57. The van der Waals surface area contributed by atoms with Crippen LogP contribution in [0.15, 0.2) is 53.4 Å². The molecule has 3 aromatic rings. The molecule has 0 aliphatic carbocycles. The average Bonchev–Trinajstić information content (AvgIpc) is 3.34. The molecule has 6 nitrogen and oxygen atoms in total. The minimum Gasteiger partial charge on any atom is -0.359 e. The van der Waals surface area contributed by atoms with Crippen molar-refractivity contribution in [2.75, 3.05) is 6.54 Å². The summed E-state index contributed by atoms with van der Waals surface area (Å²) in [4.78, 5) is 6.86. The van der Waals surface area contributed by atoms with Gasteiger partial charge in [-0.1, -0.05) is 17.6 Å². The first kappa shape index (κ1) is 16.0. The van der Waals surface area contributed by atoms with Crippen LogP contribution in [0.2, 0.25) is 0 Å². The fraction of sp³-hybridized carbons (Fsp3) is 0.421. The van der Waals surface area contributed by atoms with E-state index in [-0.39, 0.29) is 0 Å². The predicted molar refractivity (Wildman–Crippen MR) is 94.6 cm³/mol. The fourth-order valence-electron chi connectivity index (χ4n) is 3.53. The molecule has 0 spiro atoms. The number of hydrogen-bond acceptors (Lipinski definition) is 5. The molecule has 0 N–H and O–H groups in total. The molecule has 6 heteroatoms. The minimum atomic E-state index is 0.571. The standard InChI is InChI=1S/C19H23N5O/c1-3-9-20-18(7-1)19-14-17(25-22-19)15-23-11-4-2-6-16(23)8-13-24-12-5-10-21-24/h1,3,5,7,9-10,12,14,16H,2,4,6,8,11,13,15H2/t16-/m1/s1. The first-order valence-corrected chi connectivity index (χ1v) is 8.97. The molecule has 1 aliphatic heterocycles. The number of hydrogen-bond donors (Lipinski definition) is 0. The molecule has 1 fully saturated rings. The van der Waals surface area contributed by atoms with E-state index in [0.29, 0.717) is 6.04 Å². The first-order chi connectivity index (χ1) is 12.4. The van der Waals surface area contributed by atoms with Crippen molar-refractivity contribution in [2.24, 2.45) is 0 Å². The van der Waals surface area contributed by atoms with Crippen molar-refractivity contribution in [3.63, 3.8) is 0 Å². The molecule has 0 saturated carbocycles. The van der Waals surface area contributed by atoms with Crippen molar-refractivity contribution >= 4 is 0 Å². The van der Waals surface area contributed by atoms with Crippen LogP contribution >= 0.6 is 0 Å². The smallest absolute Gasteiger partial charge is 0.151 e. The van der Waals surface area contributed by atoms with Crippen molar-refractivity contribution in [1.29, 1.82) is 0 Å². The van der Waals surface area contributed by atoms with Crippen LogP contribution in [0.1, 0.15) is 31.4 Å². The highest BCUT2D eigenvalue weighted by atomic mass is 16.5. The van der Waals surface area contributed by atoms with Gasteiger partial charge in [0.05, 0.1) is 12.2 Å². The summed E-state index contributed by atoms with van der Waals surface area (Å²) >= 11 is 0. The quantitative estimate of drug-likeness (QED) is 0.690. The van der Waals surface area contributed by atoms with E-state index in [0.717, 1.165) is 43.2 Å². The Hall–Kier alpha value is -2.47. The Morgan fingerprint density at radius 3 is 2.96 bits per heavy atom. The van der Waals surface area contributed by atoms with E-state index < -0.39 is 0 Å². The summed E-state index contributed by atoms with van der Waals surface area (Å²) in [6.07, 6.45) is 10.6. The number of likely N-dealkylation sites (tertiary alicyclic amines) is 1. The van der Waals surface area contributed by atoms with Crippen molar-refractivity contribution < 1.29 is 4.52 Å². The second kappa shape index (κ2) is 7.61. The number of nitrogens with zero attached hydrogens (tertiary/aromatic N) is 5. The summed E-state index contributed by atoms with van der Waals surface area (Å²) < 4.78 is 7.59. The lowest BCUT2D eigenvalue weighted by atomic mass is 9.99. The lowest BCUT2D eigenvalue weighted by Gasteiger charge is -2.35. The van der Waals surface area contributed by atoms with E-state index >= 15 is 0 Å². The van der Waals surface area contributed by atoms with E-state index in [2.05, 4.69) is 20.1 Å². The maximum Gasteiger partial charge on any atom is 0.151 e. The zero-order chi connectivity index (χ0) is 16.9. The number of piperidine rings is 1. The first-order valence-electron chi connectivity index (χ1n) is 8.97. The zero-order valence-corrected chi connectivity index (χ0v) is 14.3. The van der Waals surface area contributed by atoms with Gasteiger partial charge in [-0.3, -0.25) is 14.6 Å². The van der Waals surface area contributed by atoms with Crippen LogP contribution in [0, 0.1) is 0 Å². The third kappa shape index (κ3) is 3.96. The Morgan fingerprint density at radius 2 is 2.12 bits per heavy atom. The molecular formula is C19H23N5O. The number of aromatic nitrogens is 4. The highest BCUT2D eigenvalue weighted by Crippen LogP contribution is 2.24. The van der Waals surface area contributed by atoms with Crippen LogP contribution in [0.4, 0.5) is 0 Å². The molecule has 0 radical (unpaired) electrons. The molecule has 3 aromatic heterocycles. The van der Waals surface area contributed by atoms with Gasteiger partial charge in [0.1, 0.15) is 5.69 Å². The summed E-state index contributed by atoms with van der Waals surface area (Å²) in [6, 6.07) is 10.4. The van der Waals surface area contributed by atoms with Crippen molar-refractivity contribution in [2.45, 2.75) is 44.8 Å². The van der Waals surface area contributed by atoms with Crippen LogP contribution in [0.25, 0.3) is 11.4 Å². The van der Waals surface area contributed by atoms with Crippen LogP contribution < -0.4 is 0 Å². The van der Waals surface area contributed by atoms with Gasteiger partial charge in [0, 0.05) is 37.2 Å². The molecule has 0 unspecified atom stereocenters. The van der Waals surface area contributed by atoms with E-state index in [1.165, 1.54) is 19.3 Å². The highest BCUT2D eigenvalue weighted by molar-refractivity contribution is 5.52. The van der Waals surface area contributed by atoms with Crippen molar-refractivity contribution in [3.05, 3.63) is 54.7 Å². The molecule has 0 bridgehead atoms. The summed E-state index contributed by atoms with van der Waals surface area (Å²) in [7, 11) is 0. The Kier molecular flexibility index (Phi) is 4.88. The molecule has 1 atom stereocenters.